The molecule has 20 heavy (non-hydrogen) atoms. The summed E-state index contributed by atoms with van der Waals surface area (Å²) in [6, 6.07) is 5.64. The molecule has 1 fully saturated rings. The van der Waals surface area contributed by atoms with Gasteiger partial charge in [0, 0.05) is 35.8 Å². The topological polar surface area (TPSA) is 38.5 Å². The number of likely N-dealkylation sites (tertiary alicyclic amines) is 1. The van der Waals surface area contributed by atoms with Crippen molar-refractivity contribution >= 4 is 23.2 Å². The van der Waals surface area contributed by atoms with Crippen LogP contribution in [0, 0.1) is 5.92 Å². The third kappa shape index (κ3) is 3.29. The van der Waals surface area contributed by atoms with Gasteiger partial charge in [0.1, 0.15) is 0 Å². The highest BCUT2D eigenvalue weighted by Crippen LogP contribution is 2.35. The fraction of sp³-hybridized carbons (Fsp3) is 0.600. The summed E-state index contributed by atoms with van der Waals surface area (Å²) in [5, 5.41) is 1.36. The monoisotopic (exact) mass is 316 g/mol. The minimum atomic E-state index is 0.0429. The smallest absolute Gasteiger partial charge is 0.0724 e. The zero-order valence-corrected chi connectivity index (χ0v) is 13.5. The van der Waals surface area contributed by atoms with Crippen LogP contribution in [0.4, 0.5) is 0 Å². The Bertz CT molecular complexity index is 435. The molecule has 2 N–H and O–H groups in total. The summed E-state index contributed by atoms with van der Waals surface area (Å²) in [6.07, 6.45) is 1.33. The Balaban J connectivity index is 2.24. The van der Waals surface area contributed by atoms with Crippen LogP contribution in [0.3, 0.4) is 0 Å². The van der Waals surface area contributed by atoms with E-state index in [1.807, 2.05) is 18.2 Å². The predicted molar refractivity (Wildman–Crippen MR) is 84.4 cm³/mol. The van der Waals surface area contributed by atoms with Gasteiger partial charge in [-0.1, -0.05) is 36.2 Å². The van der Waals surface area contributed by atoms with Gasteiger partial charge in [-0.2, -0.15) is 0 Å². The fourth-order valence-corrected chi connectivity index (χ4v) is 3.58. The molecule has 0 aromatic heterocycles. The van der Waals surface area contributed by atoms with Crippen LogP contribution >= 0.6 is 23.2 Å². The van der Waals surface area contributed by atoms with E-state index in [9.17, 15) is 0 Å². The lowest BCUT2D eigenvalue weighted by Gasteiger charge is -2.40. The third-order valence-corrected chi connectivity index (χ3v) is 4.88. The summed E-state index contributed by atoms with van der Waals surface area (Å²) in [5.41, 5.74) is 6.93. The first-order valence-corrected chi connectivity index (χ1v) is 7.74. The predicted octanol–water partition coefficient (Wildman–Crippen LogP) is 3.35. The first-order chi connectivity index (χ1) is 9.58. The lowest BCUT2D eigenvalue weighted by molar-refractivity contribution is -0.0183. The van der Waals surface area contributed by atoms with Crippen molar-refractivity contribution in [1.82, 2.24) is 4.90 Å². The van der Waals surface area contributed by atoms with E-state index in [-0.39, 0.29) is 12.1 Å². The standard InChI is InChI=1S/C15H22Cl2N2O/c1-10-6-7-19(9-14(10)20-2)13(8-18)15-11(16)4-3-5-12(15)17/h3-5,10,13-14H,6-9,18H2,1-2H3. The Hall–Kier alpha value is -0.320. The first-order valence-electron chi connectivity index (χ1n) is 6.99. The number of benzene rings is 1. The van der Waals surface area contributed by atoms with Gasteiger partial charge in [-0.15, -0.1) is 0 Å². The maximum Gasteiger partial charge on any atom is 0.0724 e. The molecule has 1 heterocycles. The average molecular weight is 317 g/mol. The van der Waals surface area contributed by atoms with E-state index in [4.69, 9.17) is 33.7 Å². The fourth-order valence-electron chi connectivity index (χ4n) is 2.93. The number of hydrogen-bond donors (Lipinski definition) is 1. The minimum absolute atomic E-state index is 0.0429. The molecule has 3 nitrogen and oxygen atoms in total. The zero-order valence-electron chi connectivity index (χ0n) is 12.0. The molecule has 0 aliphatic carbocycles. The summed E-state index contributed by atoms with van der Waals surface area (Å²) >= 11 is 12.6. The molecule has 5 heteroatoms. The highest BCUT2D eigenvalue weighted by atomic mass is 35.5. The second kappa shape index (κ2) is 7.10. The summed E-state index contributed by atoms with van der Waals surface area (Å²) in [7, 11) is 1.77. The number of piperidine rings is 1. The molecular weight excluding hydrogens is 295 g/mol. The van der Waals surface area contributed by atoms with Gasteiger partial charge in [0.2, 0.25) is 0 Å². The molecule has 2 rings (SSSR count). The number of halogens is 2. The Morgan fingerprint density at radius 2 is 2.05 bits per heavy atom. The van der Waals surface area contributed by atoms with Gasteiger partial charge < -0.3 is 10.5 Å². The Kier molecular flexibility index (Phi) is 5.70. The van der Waals surface area contributed by atoms with E-state index >= 15 is 0 Å². The Morgan fingerprint density at radius 3 is 2.60 bits per heavy atom. The van der Waals surface area contributed by atoms with Crippen molar-refractivity contribution in [3.05, 3.63) is 33.8 Å². The molecular formula is C15H22Cl2N2O. The van der Waals surface area contributed by atoms with E-state index < -0.39 is 0 Å². The van der Waals surface area contributed by atoms with Crippen molar-refractivity contribution < 1.29 is 4.74 Å². The molecule has 1 aliphatic rings. The van der Waals surface area contributed by atoms with Crippen molar-refractivity contribution in [1.29, 1.82) is 0 Å². The van der Waals surface area contributed by atoms with Crippen molar-refractivity contribution in [3.63, 3.8) is 0 Å². The quantitative estimate of drug-likeness (QED) is 0.925. The van der Waals surface area contributed by atoms with Gasteiger partial charge in [-0.05, 0) is 31.0 Å². The highest BCUT2D eigenvalue weighted by molar-refractivity contribution is 6.36. The third-order valence-electron chi connectivity index (χ3n) is 4.22. The van der Waals surface area contributed by atoms with Gasteiger partial charge in [0.15, 0.2) is 0 Å². The lowest BCUT2D eigenvalue weighted by Crippen LogP contribution is -2.47. The summed E-state index contributed by atoms with van der Waals surface area (Å²) in [4.78, 5) is 2.33. The maximum atomic E-state index is 6.32. The van der Waals surface area contributed by atoms with Crippen molar-refractivity contribution in [3.8, 4) is 0 Å². The van der Waals surface area contributed by atoms with Crippen molar-refractivity contribution in [2.24, 2.45) is 11.7 Å². The number of nitrogens with two attached hydrogens (primary N) is 1. The van der Waals surface area contributed by atoms with Gasteiger partial charge in [0.05, 0.1) is 12.1 Å². The molecule has 0 bridgehead atoms. The minimum Gasteiger partial charge on any atom is -0.380 e. The van der Waals surface area contributed by atoms with Crippen LogP contribution in [-0.4, -0.2) is 37.7 Å². The number of nitrogens with zero attached hydrogens (tertiary/aromatic N) is 1. The lowest BCUT2D eigenvalue weighted by atomic mass is 9.93. The van der Waals surface area contributed by atoms with E-state index in [0.29, 0.717) is 22.5 Å². The summed E-state index contributed by atoms with van der Waals surface area (Å²) in [5.74, 6) is 0.566. The molecule has 0 radical (unpaired) electrons. The van der Waals surface area contributed by atoms with Crippen LogP contribution < -0.4 is 5.73 Å². The molecule has 1 aromatic carbocycles. The number of rotatable bonds is 4. The van der Waals surface area contributed by atoms with Crippen LogP contribution in [0.1, 0.15) is 24.9 Å². The van der Waals surface area contributed by atoms with Crippen LogP contribution in [0.5, 0.6) is 0 Å². The molecule has 3 unspecified atom stereocenters. The van der Waals surface area contributed by atoms with Gasteiger partial charge in [-0.25, -0.2) is 0 Å². The van der Waals surface area contributed by atoms with E-state index in [1.54, 1.807) is 7.11 Å². The number of methoxy groups -OCH3 is 1. The van der Waals surface area contributed by atoms with Gasteiger partial charge in [-0.3, -0.25) is 4.90 Å². The average Bonchev–Trinajstić information content (AvgIpc) is 2.44. The molecule has 1 aliphatic heterocycles. The first kappa shape index (κ1) is 16.1. The van der Waals surface area contributed by atoms with E-state index in [2.05, 4.69) is 11.8 Å². The highest BCUT2D eigenvalue weighted by Gasteiger charge is 2.31. The Morgan fingerprint density at radius 1 is 1.40 bits per heavy atom. The van der Waals surface area contributed by atoms with Crippen molar-refractivity contribution in [2.75, 3.05) is 26.7 Å². The van der Waals surface area contributed by atoms with Crippen LogP contribution in [0.2, 0.25) is 10.0 Å². The molecule has 1 aromatic rings. The molecule has 3 atom stereocenters. The van der Waals surface area contributed by atoms with E-state index in [0.717, 1.165) is 25.1 Å². The summed E-state index contributed by atoms with van der Waals surface area (Å²) in [6.45, 7) is 4.57. The maximum absolute atomic E-state index is 6.32. The largest absolute Gasteiger partial charge is 0.380 e. The molecule has 0 amide bonds. The molecule has 112 valence electrons. The van der Waals surface area contributed by atoms with Crippen molar-refractivity contribution in [2.45, 2.75) is 25.5 Å². The molecule has 0 saturated carbocycles. The van der Waals surface area contributed by atoms with Gasteiger partial charge in [0.25, 0.3) is 0 Å². The van der Waals surface area contributed by atoms with Gasteiger partial charge >= 0.3 is 0 Å². The number of hydrogen-bond acceptors (Lipinski definition) is 3. The van der Waals surface area contributed by atoms with Crippen LogP contribution in [-0.2, 0) is 4.74 Å². The van der Waals surface area contributed by atoms with E-state index in [1.165, 1.54) is 0 Å². The number of ether oxygens (including phenoxy) is 1. The second-order valence-corrected chi connectivity index (χ2v) is 6.24. The molecule has 1 saturated heterocycles. The van der Waals surface area contributed by atoms with Crippen LogP contribution in [0.15, 0.2) is 18.2 Å². The SMILES string of the molecule is COC1CN(C(CN)c2c(Cl)cccc2Cl)CCC1C. The normalized spacial score (nSPS) is 25.6. The zero-order chi connectivity index (χ0) is 14.7. The van der Waals surface area contributed by atoms with Crippen LogP contribution in [0.25, 0.3) is 0 Å². The summed E-state index contributed by atoms with van der Waals surface area (Å²) < 4.78 is 5.58. The molecule has 0 spiro atoms. The Labute approximate surface area is 131 Å². The second-order valence-electron chi connectivity index (χ2n) is 5.42.